The summed E-state index contributed by atoms with van der Waals surface area (Å²) < 4.78 is 41.6. The van der Waals surface area contributed by atoms with Crippen LogP contribution in [0.1, 0.15) is 79.9 Å². The fourth-order valence-electron chi connectivity index (χ4n) is 6.87. The van der Waals surface area contributed by atoms with Crippen molar-refractivity contribution in [3.8, 4) is 0 Å². The molecule has 11 heteroatoms. The zero-order valence-corrected chi connectivity index (χ0v) is 23.9. The molecule has 1 aliphatic heterocycles. The summed E-state index contributed by atoms with van der Waals surface area (Å²) in [6.07, 6.45) is 1.40. The Morgan fingerprint density at radius 1 is 1.20 bits per heavy atom. The van der Waals surface area contributed by atoms with Crippen LogP contribution in [-0.2, 0) is 19.0 Å². The molecule has 1 aliphatic carbocycles. The SMILES string of the molecule is C[C@H]1CCCN([C@H](NC(=O)c2cccn(CC(F)(F)F)c2=O)c2cccc(C3(c4nncn4C)CC(C)(C)C3)c2)C1. The highest BCUT2D eigenvalue weighted by molar-refractivity contribution is 5.94. The smallest absolute Gasteiger partial charge is 0.332 e. The molecule has 2 aromatic heterocycles. The van der Waals surface area contributed by atoms with E-state index in [4.69, 9.17) is 0 Å². The molecule has 3 heterocycles. The summed E-state index contributed by atoms with van der Waals surface area (Å²) >= 11 is 0. The predicted molar refractivity (Wildman–Crippen MR) is 148 cm³/mol. The quantitative estimate of drug-likeness (QED) is 0.441. The summed E-state index contributed by atoms with van der Waals surface area (Å²) in [4.78, 5) is 28.5. The number of halogens is 3. The topological polar surface area (TPSA) is 85.1 Å². The van der Waals surface area contributed by atoms with Crippen LogP contribution < -0.4 is 10.9 Å². The van der Waals surface area contributed by atoms with Crippen molar-refractivity contribution in [2.45, 2.75) is 70.8 Å². The Morgan fingerprint density at radius 2 is 1.95 bits per heavy atom. The van der Waals surface area contributed by atoms with Crippen molar-refractivity contribution in [3.63, 3.8) is 0 Å². The van der Waals surface area contributed by atoms with Crippen LogP contribution in [0.25, 0.3) is 0 Å². The van der Waals surface area contributed by atoms with E-state index in [9.17, 15) is 22.8 Å². The molecule has 3 aromatic rings. The van der Waals surface area contributed by atoms with Gasteiger partial charge in [0.15, 0.2) is 0 Å². The number of nitrogens with one attached hydrogen (secondary N) is 1. The Bertz CT molecular complexity index is 1470. The van der Waals surface area contributed by atoms with Gasteiger partial charge in [-0.25, -0.2) is 0 Å². The van der Waals surface area contributed by atoms with Crippen LogP contribution in [0.2, 0.25) is 0 Å². The lowest BCUT2D eigenvalue weighted by Gasteiger charge is -2.53. The zero-order valence-electron chi connectivity index (χ0n) is 23.9. The molecule has 0 bridgehead atoms. The minimum absolute atomic E-state index is 0.126. The number of benzene rings is 1. The number of alkyl halides is 3. The average Bonchev–Trinajstić information content (AvgIpc) is 3.32. The van der Waals surface area contributed by atoms with Crippen molar-refractivity contribution in [2.75, 3.05) is 13.1 Å². The maximum Gasteiger partial charge on any atom is 0.406 e. The number of carbonyl (C=O) groups excluding carboxylic acids is 1. The normalized spacial score (nSPS) is 21.2. The number of hydrogen-bond donors (Lipinski definition) is 1. The fraction of sp³-hybridized carbons (Fsp3) is 0.533. The number of aryl methyl sites for hydroxylation is 1. The summed E-state index contributed by atoms with van der Waals surface area (Å²) in [5, 5.41) is 11.6. The number of rotatable bonds is 7. The van der Waals surface area contributed by atoms with Gasteiger partial charge in [0.05, 0.1) is 5.41 Å². The molecule has 1 saturated carbocycles. The van der Waals surface area contributed by atoms with Crippen molar-refractivity contribution in [2.24, 2.45) is 18.4 Å². The minimum Gasteiger partial charge on any atom is -0.332 e. The molecular weight excluding hydrogens is 533 g/mol. The molecule has 8 nitrogen and oxygen atoms in total. The number of aromatic nitrogens is 4. The first kappa shape index (κ1) is 29.0. The largest absolute Gasteiger partial charge is 0.406 e. The van der Waals surface area contributed by atoms with E-state index in [1.807, 2.05) is 23.7 Å². The molecule has 2 atom stereocenters. The first-order valence-corrected chi connectivity index (χ1v) is 14.0. The summed E-state index contributed by atoms with van der Waals surface area (Å²) in [5.41, 5.74) is 0.421. The van der Waals surface area contributed by atoms with E-state index in [1.165, 1.54) is 12.1 Å². The third-order valence-corrected chi connectivity index (χ3v) is 8.39. The predicted octanol–water partition coefficient (Wildman–Crippen LogP) is 4.81. The monoisotopic (exact) mass is 570 g/mol. The van der Waals surface area contributed by atoms with Gasteiger partial charge in [0.25, 0.3) is 11.5 Å². The highest BCUT2D eigenvalue weighted by Gasteiger charge is 2.54. The van der Waals surface area contributed by atoms with E-state index < -0.39 is 30.4 Å². The fourth-order valence-corrected chi connectivity index (χ4v) is 6.87. The molecule has 0 radical (unpaired) electrons. The maximum absolute atomic E-state index is 13.5. The van der Waals surface area contributed by atoms with Crippen LogP contribution in [0.3, 0.4) is 0 Å². The first-order valence-electron chi connectivity index (χ1n) is 14.0. The summed E-state index contributed by atoms with van der Waals surface area (Å²) in [5.74, 6) is 0.591. The van der Waals surface area contributed by atoms with Crippen LogP contribution in [0, 0.1) is 11.3 Å². The summed E-state index contributed by atoms with van der Waals surface area (Å²) in [6, 6.07) is 10.7. The van der Waals surface area contributed by atoms with Gasteiger partial charge in [-0.1, -0.05) is 45.0 Å². The summed E-state index contributed by atoms with van der Waals surface area (Å²) in [6.45, 7) is 6.65. The number of nitrogens with zero attached hydrogens (tertiary/aromatic N) is 5. The molecule has 1 aromatic carbocycles. The Morgan fingerprint density at radius 3 is 2.59 bits per heavy atom. The third-order valence-electron chi connectivity index (χ3n) is 8.39. The number of carbonyl (C=O) groups is 1. The van der Waals surface area contributed by atoms with E-state index in [-0.39, 0.29) is 16.4 Å². The zero-order chi connectivity index (χ0) is 29.6. The van der Waals surface area contributed by atoms with Gasteiger partial charge in [-0.3, -0.25) is 14.5 Å². The third kappa shape index (κ3) is 5.95. The van der Waals surface area contributed by atoms with Crippen molar-refractivity contribution >= 4 is 5.91 Å². The molecule has 5 rings (SSSR count). The van der Waals surface area contributed by atoms with Crippen LogP contribution >= 0.6 is 0 Å². The number of likely N-dealkylation sites (tertiary alicyclic amines) is 1. The second kappa shape index (κ2) is 10.7. The van der Waals surface area contributed by atoms with E-state index in [1.54, 1.807) is 6.33 Å². The standard InChI is InChI=1S/C30H37F3N6O2/c1-20-8-6-12-38(15-20)24(35-25(40)23-11-7-13-39(26(23)41)18-30(31,32)33)21-9-5-10-22(14-21)29(16-28(2,3)17-29)27-36-34-19-37(27)4/h5,7,9-11,13-14,19-20,24H,6,8,12,15-18H2,1-4H3,(H,35,40)/t20-,24-/m0/s1. The van der Waals surface area contributed by atoms with Gasteiger partial charge in [0, 0.05) is 26.3 Å². The number of hydrogen-bond acceptors (Lipinski definition) is 5. The van der Waals surface area contributed by atoms with Gasteiger partial charge < -0.3 is 14.5 Å². The molecule has 1 amide bonds. The van der Waals surface area contributed by atoms with Crippen molar-refractivity contribution in [3.05, 3.63) is 81.8 Å². The maximum atomic E-state index is 13.5. The second-order valence-corrected chi connectivity index (χ2v) is 12.6. The van der Waals surface area contributed by atoms with Crippen molar-refractivity contribution in [1.82, 2.24) is 29.5 Å². The van der Waals surface area contributed by atoms with E-state index >= 15 is 0 Å². The van der Waals surface area contributed by atoms with Gasteiger partial charge in [0.2, 0.25) is 0 Å². The van der Waals surface area contributed by atoms with E-state index in [2.05, 4.69) is 53.3 Å². The van der Waals surface area contributed by atoms with Crippen LogP contribution in [0.4, 0.5) is 13.2 Å². The number of piperidine rings is 1. The van der Waals surface area contributed by atoms with Gasteiger partial charge in [-0.2, -0.15) is 13.2 Å². The molecule has 1 saturated heterocycles. The summed E-state index contributed by atoms with van der Waals surface area (Å²) in [7, 11) is 1.94. The Kier molecular flexibility index (Phi) is 7.61. The van der Waals surface area contributed by atoms with E-state index in [0.29, 0.717) is 10.5 Å². The molecular formula is C30H37F3N6O2. The molecule has 0 spiro atoms. The van der Waals surface area contributed by atoms with Crippen LogP contribution in [-0.4, -0.2) is 49.4 Å². The van der Waals surface area contributed by atoms with Crippen molar-refractivity contribution in [1.29, 1.82) is 0 Å². The number of pyridine rings is 1. The highest BCUT2D eigenvalue weighted by Crippen LogP contribution is 2.58. The Balaban J connectivity index is 1.52. The molecule has 41 heavy (non-hydrogen) atoms. The molecule has 2 fully saturated rings. The lowest BCUT2D eigenvalue weighted by molar-refractivity contribution is -0.141. The Labute approximate surface area is 237 Å². The molecule has 1 N–H and O–H groups in total. The highest BCUT2D eigenvalue weighted by atomic mass is 19.4. The lowest BCUT2D eigenvalue weighted by atomic mass is 9.51. The average molecular weight is 571 g/mol. The second-order valence-electron chi connectivity index (χ2n) is 12.6. The van der Waals surface area contributed by atoms with Gasteiger partial charge >= 0.3 is 6.18 Å². The van der Waals surface area contributed by atoms with Crippen LogP contribution in [0.5, 0.6) is 0 Å². The van der Waals surface area contributed by atoms with Gasteiger partial charge in [0.1, 0.15) is 30.4 Å². The van der Waals surface area contributed by atoms with Crippen molar-refractivity contribution < 1.29 is 18.0 Å². The van der Waals surface area contributed by atoms with E-state index in [0.717, 1.165) is 61.9 Å². The molecule has 220 valence electrons. The minimum atomic E-state index is -4.58. The number of amides is 1. The van der Waals surface area contributed by atoms with Crippen LogP contribution in [0.15, 0.2) is 53.7 Å². The first-order chi connectivity index (χ1) is 19.3. The molecule has 0 unspecified atom stereocenters. The molecule has 2 aliphatic rings. The van der Waals surface area contributed by atoms with Gasteiger partial charge in [-0.05, 0) is 60.3 Å². The Hall–Kier alpha value is -3.47. The lowest BCUT2D eigenvalue weighted by Crippen LogP contribution is -2.49. The van der Waals surface area contributed by atoms with Gasteiger partial charge in [-0.15, -0.1) is 10.2 Å².